The summed E-state index contributed by atoms with van der Waals surface area (Å²) >= 11 is 0. The second-order valence-corrected chi connectivity index (χ2v) is 12.1. The van der Waals surface area contributed by atoms with Crippen LogP contribution in [0.5, 0.6) is 0 Å². The van der Waals surface area contributed by atoms with Crippen molar-refractivity contribution in [3.63, 3.8) is 0 Å². The van der Waals surface area contributed by atoms with Gasteiger partial charge in [0.2, 0.25) is 11.8 Å². The Morgan fingerprint density at radius 3 is 2.53 bits per heavy atom. The van der Waals surface area contributed by atoms with Crippen molar-refractivity contribution in [1.82, 2.24) is 9.80 Å². The van der Waals surface area contributed by atoms with Gasteiger partial charge in [-0.3, -0.25) is 14.4 Å². The Labute approximate surface area is 228 Å². The first-order valence-electron chi connectivity index (χ1n) is 14.3. The average molecular weight is 533 g/mol. The molecule has 0 aliphatic carbocycles. The summed E-state index contributed by atoms with van der Waals surface area (Å²) in [7, 11) is 0. The van der Waals surface area contributed by atoms with Crippen LogP contribution in [-0.4, -0.2) is 81.8 Å². The number of nitrogens with zero attached hydrogens (tertiary/aromatic N) is 2. The van der Waals surface area contributed by atoms with Crippen LogP contribution in [0.2, 0.25) is 0 Å². The first kappa shape index (κ1) is 30.4. The normalized spacial score (nSPS) is 33.3. The molecule has 214 valence electrons. The Kier molecular flexibility index (Phi) is 9.51. The van der Waals surface area contributed by atoms with Crippen molar-refractivity contribution in [2.24, 2.45) is 23.7 Å². The van der Waals surface area contributed by atoms with E-state index in [9.17, 15) is 19.5 Å². The molecule has 0 aromatic rings. The molecule has 4 unspecified atom stereocenters. The minimum atomic E-state index is -1.17. The highest BCUT2D eigenvalue weighted by molar-refractivity contribution is 5.99. The number of aliphatic hydroxyl groups is 1. The van der Waals surface area contributed by atoms with E-state index in [1.165, 1.54) is 0 Å². The number of fused-ring (bicyclic) bond motifs is 1. The Hall–Kier alpha value is -2.19. The SMILES string of the molecule is C=CCCOC(=O)[C@@H]1[C@H]2C(=O)N([C@@H](CO)CC(C)C)C(C(=O)N(CC=C)C(C)CCC)C23CC(C)[C@@]1(C)O3. The topological polar surface area (TPSA) is 96.4 Å². The smallest absolute Gasteiger partial charge is 0.312 e. The molecular formula is C30H48N2O6. The second-order valence-electron chi connectivity index (χ2n) is 12.1. The lowest BCUT2D eigenvalue weighted by Crippen LogP contribution is -2.60. The van der Waals surface area contributed by atoms with E-state index in [2.05, 4.69) is 20.1 Å². The van der Waals surface area contributed by atoms with Gasteiger partial charge < -0.3 is 24.4 Å². The Morgan fingerprint density at radius 1 is 1.29 bits per heavy atom. The lowest BCUT2D eigenvalue weighted by Gasteiger charge is -2.41. The van der Waals surface area contributed by atoms with E-state index in [-0.39, 0.29) is 42.9 Å². The average Bonchev–Trinajstić information content (AvgIpc) is 3.37. The number of hydrogen-bond donors (Lipinski definition) is 1. The highest BCUT2D eigenvalue weighted by Gasteiger charge is 2.80. The van der Waals surface area contributed by atoms with Crippen LogP contribution in [0.1, 0.15) is 73.6 Å². The van der Waals surface area contributed by atoms with E-state index < -0.39 is 41.1 Å². The predicted octanol–water partition coefficient (Wildman–Crippen LogP) is 3.73. The molecule has 3 saturated heterocycles. The molecular weight excluding hydrogens is 484 g/mol. The minimum Gasteiger partial charge on any atom is -0.465 e. The fourth-order valence-corrected chi connectivity index (χ4v) is 7.22. The third-order valence-electron chi connectivity index (χ3n) is 9.00. The molecule has 3 rings (SSSR count). The molecule has 0 aromatic carbocycles. The van der Waals surface area contributed by atoms with Crippen molar-refractivity contribution in [3.8, 4) is 0 Å². The molecule has 8 heteroatoms. The van der Waals surface area contributed by atoms with Crippen LogP contribution in [0.15, 0.2) is 25.3 Å². The third kappa shape index (κ3) is 4.94. The van der Waals surface area contributed by atoms with Crippen LogP contribution in [-0.2, 0) is 23.9 Å². The summed E-state index contributed by atoms with van der Waals surface area (Å²) in [5.74, 6) is -2.54. The van der Waals surface area contributed by atoms with Gasteiger partial charge in [-0.2, -0.15) is 0 Å². The van der Waals surface area contributed by atoms with E-state index in [1.54, 1.807) is 22.0 Å². The maximum absolute atomic E-state index is 14.5. The number of amides is 2. The molecule has 38 heavy (non-hydrogen) atoms. The highest BCUT2D eigenvalue weighted by Crippen LogP contribution is 2.65. The van der Waals surface area contributed by atoms with Crippen molar-refractivity contribution in [3.05, 3.63) is 25.3 Å². The zero-order valence-corrected chi connectivity index (χ0v) is 24.2. The van der Waals surface area contributed by atoms with Crippen molar-refractivity contribution in [1.29, 1.82) is 0 Å². The lowest BCUT2D eigenvalue weighted by atomic mass is 9.62. The van der Waals surface area contributed by atoms with Crippen LogP contribution >= 0.6 is 0 Å². The summed E-state index contributed by atoms with van der Waals surface area (Å²) in [6.45, 7) is 19.8. The Balaban J connectivity index is 2.15. The molecule has 1 N–H and O–H groups in total. The van der Waals surface area contributed by atoms with Gasteiger partial charge in [0, 0.05) is 12.6 Å². The van der Waals surface area contributed by atoms with Crippen molar-refractivity contribution in [2.45, 2.75) is 103 Å². The van der Waals surface area contributed by atoms with Gasteiger partial charge in [0.05, 0.1) is 30.8 Å². The maximum atomic E-state index is 14.5. The molecule has 2 bridgehead atoms. The Morgan fingerprint density at radius 2 is 1.97 bits per heavy atom. The van der Waals surface area contributed by atoms with Crippen LogP contribution in [0.3, 0.4) is 0 Å². The summed E-state index contributed by atoms with van der Waals surface area (Å²) in [5, 5.41) is 10.5. The first-order valence-corrected chi connectivity index (χ1v) is 14.3. The summed E-state index contributed by atoms with van der Waals surface area (Å²) in [5.41, 5.74) is -2.10. The number of ether oxygens (including phenoxy) is 2. The number of hydrogen-bond acceptors (Lipinski definition) is 6. The maximum Gasteiger partial charge on any atom is 0.312 e. The van der Waals surface area contributed by atoms with E-state index in [4.69, 9.17) is 9.47 Å². The third-order valence-corrected chi connectivity index (χ3v) is 9.00. The lowest BCUT2D eigenvalue weighted by molar-refractivity contribution is -0.164. The largest absolute Gasteiger partial charge is 0.465 e. The first-order chi connectivity index (χ1) is 17.9. The summed E-state index contributed by atoms with van der Waals surface area (Å²) in [6.07, 6.45) is 6.61. The number of carbonyl (C=O) groups excluding carboxylic acids is 3. The van der Waals surface area contributed by atoms with Gasteiger partial charge in [-0.1, -0.05) is 46.3 Å². The second kappa shape index (κ2) is 11.9. The van der Waals surface area contributed by atoms with Crippen molar-refractivity contribution < 1.29 is 29.0 Å². The van der Waals surface area contributed by atoms with Gasteiger partial charge in [0.15, 0.2) is 0 Å². The van der Waals surface area contributed by atoms with Gasteiger partial charge in [-0.15, -0.1) is 13.2 Å². The number of rotatable bonds is 14. The number of likely N-dealkylation sites (tertiary alicyclic amines) is 1. The van der Waals surface area contributed by atoms with Crippen LogP contribution in [0, 0.1) is 23.7 Å². The number of carbonyl (C=O) groups is 3. The fraction of sp³-hybridized carbons (Fsp3) is 0.767. The van der Waals surface area contributed by atoms with E-state index >= 15 is 0 Å². The molecule has 3 heterocycles. The van der Waals surface area contributed by atoms with Gasteiger partial charge >= 0.3 is 5.97 Å². The molecule has 8 atom stereocenters. The van der Waals surface area contributed by atoms with Crippen LogP contribution < -0.4 is 0 Å². The molecule has 3 aliphatic heterocycles. The predicted molar refractivity (Wildman–Crippen MR) is 146 cm³/mol. The van der Waals surface area contributed by atoms with Crippen molar-refractivity contribution >= 4 is 17.8 Å². The van der Waals surface area contributed by atoms with Gasteiger partial charge in [0.1, 0.15) is 17.6 Å². The van der Waals surface area contributed by atoms with Gasteiger partial charge in [0.25, 0.3) is 0 Å². The number of aliphatic hydroxyl groups excluding tert-OH is 1. The monoisotopic (exact) mass is 532 g/mol. The Bertz CT molecular complexity index is 920. The zero-order valence-electron chi connectivity index (χ0n) is 24.2. The van der Waals surface area contributed by atoms with Crippen LogP contribution in [0.4, 0.5) is 0 Å². The minimum absolute atomic E-state index is 0.0677. The molecule has 0 radical (unpaired) electrons. The van der Waals surface area contributed by atoms with Gasteiger partial charge in [-0.25, -0.2) is 0 Å². The molecule has 0 saturated carbocycles. The van der Waals surface area contributed by atoms with E-state index in [0.717, 1.165) is 12.8 Å². The molecule has 1 spiro atoms. The van der Waals surface area contributed by atoms with Gasteiger partial charge in [-0.05, 0) is 51.4 Å². The zero-order chi connectivity index (χ0) is 28.4. The molecule has 8 nitrogen and oxygen atoms in total. The molecule has 3 fully saturated rings. The fourth-order valence-electron chi connectivity index (χ4n) is 7.22. The summed E-state index contributed by atoms with van der Waals surface area (Å²) in [6, 6.07) is -1.57. The van der Waals surface area contributed by atoms with Crippen LogP contribution in [0.25, 0.3) is 0 Å². The molecule has 3 aliphatic rings. The molecule has 2 amide bonds. The van der Waals surface area contributed by atoms with E-state index in [1.807, 2.05) is 34.6 Å². The quantitative estimate of drug-likeness (QED) is 0.208. The van der Waals surface area contributed by atoms with E-state index in [0.29, 0.717) is 25.8 Å². The summed E-state index contributed by atoms with van der Waals surface area (Å²) < 4.78 is 12.4. The highest BCUT2D eigenvalue weighted by atomic mass is 16.6. The number of esters is 1. The standard InChI is InChI=1S/C30H48N2O6/c1-9-12-15-37-28(36)24-23-26(34)32(22(18-33)16-19(4)5)25(30(23)17-20(6)29(24,8)38-30)27(35)31(14-11-3)21(7)13-10-2/h9,11,19-25,33H,1,3,10,12-18H2,2,4-8H3/t20?,21?,22-,23+,24+,25?,29-,30?/m1/s1. The van der Waals surface area contributed by atoms with Crippen molar-refractivity contribution in [2.75, 3.05) is 19.8 Å². The molecule has 0 aromatic heterocycles. The summed E-state index contributed by atoms with van der Waals surface area (Å²) in [4.78, 5) is 45.8.